The molecule has 1 fully saturated rings. The molecule has 1 atom stereocenters. The molecule has 6 heteroatoms. The van der Waals surface area contributed by atoms with Crippen molar-refractivity contribution in [2.24, 2.45) is 5.92 Å². The molecular weight excluding hydrogens is 345 g/mol. The molecule has 3 amide bonds. The van der Waals surface area contributed by atoms with E-state index in [1.54, 1.807) is 17.0 Å². The normalized spacial score (nSPS) is 16.2. The Morgan fingerprint density at radius 3 is 2.48 bits per heavy atom. The maximum absolute atomic E-state index is 12.9. The van der Waals surface area contributed by atoms with Gasteiger partial charge in [0.1, 0.15) is 5.82 Å². The van der Waals surface area contributed by atoms with Crippen LogP contribution in [0.2, 0.25) is 0 Å². The molecule has 0 saturated carbocycles. The van der Waals surface area contributed by atoms with Crippen LogP contribution in [-0.2, 0) is 17.8 Å². The van der Waals surface area contributed by atoms with Crippen LogP contribution < -0.4 is 10.6 Å². The second-order valence-corrected chi connectivity index (χ2v) is 6.74. The molecule has 3 rings (SSSR count). The van der Waals surface area contributed by atoms with Gasteiger partial charge >= 0.3 is 6.03 Å². The predicted molar refractivity (Wildman–Crippen MR) is 101 cm³/mol. The third-order valence-electron chi connectivity index (χ3n) is 4.76. The molecule has 142 valence electrons. The van der Waals surface area contributed by atoms with Crippen LogP contribution in [0.1, 0.15) is 17.5 Å². The van der Waals surface area contributed by atoms with Crippen molar-refractivity contribution in [2.75, 3.05) is 19.6 Å². The van der Waals surface area contributed by atoms with Gasteiger partial charge in [-0.05, 0) is 36.1 Å². The Kier molecular flexibility index (Phi) is 6.41. The summed E-state index contributed by atoms with van der Waals surface area (Å²) in [7, 11) is 0. The van der Waals surface area contributed by atoms with E-state index in [9.17, 15) is 14.0 Å². The maximum Gasteiger partial charge on any atom is 0.317 e. The number of benzene rings is 2. The van der Waals surface area contributed by atoms with E-state index in [-0.39, 0.29) is 23.7 Å². The number of carbonyl (C=O) groups excluding carboxylic acids is 2. The van der Waals surface area contributed by atoms with Crippen molar-refractivity contribution in [1.82, 2.24) is 15.5 Å². The monoisotopic (exact) mass is 369 g/mol. The van der Waals surface area contributed by atoms with Gasteiger partial charge in [0.2, 0.25) is 5.91 Å². The summed E-state index contributed by atoms with van der Waals surface area (Å²) in [6.45, 7) is 1.99. The topological polar surface area (TPSA) is 61.4 Å². The summed E-state index contributed by atoms with van der Waals surface area (Å²) in [4.78, 5) is 26.3. The first-order valence-electron chi connectivity index (χ1n) is 9.20. The van der Waals surface area contributed by atoms with Crippen molar-refractivity contribution in [1.29, 1.82) is 0 Å². The number of urea groups is 1. The molecule has 2 N–H and O–H groups in total. The standard InChI is InChI=1S/C21H24FN3O2/c22-19-8-6-16(7-9-19)10-12-23-21(27)25-13-11-18(15-25)20(26)24-14-17-4-2-1-3-5-17/h1-9,18H,10-15H2,(H,23,27)(H,24,26). The van der Waals surface area contributed by atoms with Crippen molar-refractivity contribution < 1.29 is 14.0 Å². The lowest BCUT2D eigenvalue weighted by atomic mass is 10.1. The Bertz CT molecular complexity index is 765. The highest BCUT2D eigenvalue weighted by molar-refractivity contribution is 5.81. The molecule has 2 aromatic rings. The molecule has 1 saturated heterocycles. The summed E-state index contributed by atoms with van der Waals surface area (Å²) in [6, 6.07) is 15.8. The molecule has 0 bridgehead atoms. The summed E-state index contributed by atoms with van der Waals surface area (Å²) in [5.41, 5.74) is 2.02. The smallest absolute Gasteiger partial charge is 0.317 e. The SMILES string of the molecule is O=C(NCc1ccccc1)C1CCN(C(=O)NCCc2ccc(F)cc2)C1. The van der Waals surface area contributed by atoms with E-state index in [4.69, 9.17) is 0 Å². The van der Waals surface area contributed by atoms with Gasteiger partial charge in [-0.15, -0.1) is 0 Å². The number of halogens is 1. The first kappa shape index (κ1) is 18.9. The highest BCUT2D eigenvalue weighted by atomic mass is 19.1. The molecule has 1 aliphatic heterocycles. The maximum atomic E-state index is 12.9. The third-order valence-corrected chi connectivity index (χ3v) is 4.76. The van der Waals surface area contributed by atoms with E-state index in [0.717, 1.165) is 11.1 Å². The zero-order chi connectivity index (χ0) is 19.1. The fourth-order valence-electron chi connectivity index (χ4n) is 3.16. The van der Waals surface area contributed by atoms with Gasteiger partial charge in [-0.25, -0.2) is 9.18 Å². The largest absolute Gasteiger partial charge is 0.352 e. The summed E-state index contributed by atoms with van der Waals surface area (Å²) in [5.74, 6) is -0.450. The number of nitrogens with zero attached hydrogens (tertiary/aromatic N) is 1. The van der Waals surface area contributed by atoms with Crippen molar-refractivity contribution in [2.45, 2.75) is 19.4 Å². The third kappa shape index (κ3) is 5.54. The minimum atomic E-state index is -0.267. The fourth-order valence-corrected chi connectivity index (χ4v) is 3.16. The van der Waals surface area contributed by atoms with Crippen LogP contribution in [0.15, 0.2) is 54.6 Å². The van der Waals surface area contributed by atoms with E-state index in [2.05, 4.69) is 10.6 Å². The van der Waals surface area contributed by atoms with Crippen molar-refractivity contribution in [3.63, 3.8) is 0 Å². The lowest BCUT2D eigenvalue weighted by molar-refractivity contribution is -0.124. The molecule has 0 aromatic heterocycles. The molecule has 2 aromatic carbocycles. The molecule has 0 spiro atoms. The van der Waals surface area contributed by atoms with E-state index in [1.165, 1.54) is 12.1 Å². The van der Waals surface area contributed by atoms with Crippen LogP contribution in [0.5, 0.6) is 0 Å². The average molecular weight is 369 g/mol. The van der Waals surface area contributed by atoms with Gasteiger partial charge in [-0.1, -0.05) is 42.5 Å². The first-order chi connectivity index (χ1) is 13.1. The fraction of sp³-hybridized carbons (Fsp3) is 0.333. The number of hydrogen-bond donors (Lipinski definition) is 2. The van der Waals surface area contributed by atoms with Gasteiger partial charge in [-0.2, -0.15) is 0 Å². The van der Waals surface area contributed by atoms with Crippen LogP contribution in [0, 0.1) is 11.7 Å². The molecule has 0 aliphatic carbocycles. The molecule has 0 radical (unpaired) electrons. The Morgan fingerprint density at radius 1 is 1.00 bits per heavy atom. The molecule has 1 heterocycles. The summed E-state index contributed by atoms with van der Waals surface area (Å²) in [5, 5.41) is 5.81. The molecule has 1 aliphatic rings. The average Bonchev–Trinajstić information content (AvgIpc) is 3.19. The van der Waals surface area contributed by atoms with E-state index < -0.39 is 0 Å². The molecule has 5 nitrogen and oxygen atoms in total. The number of rotatable bonds is 6. The number of hydrogen-bond acceptors (Lipinski definition) is 2. The second kappa shape index (κ2) is 9.16. The number of amides is 3. The summed E-state index contributed by atoms with van der Waals surface area (Å²) in [6.07, 6.45) is 1.31. The Labute approximate surface area is 158 Å². The number of nitrogens with one attached hydrogen (secondary N) is 2. The van der Waals surface area contributed by atoms with Crippen LogP contribution in [0.25, 0.3) is 0 Å². The van der Waals surface area contributed by atoms with Crippen molar-refractivity contribution in [3.05, 3.63) is 71.5 Å². The van der Waals surface area contributed by atoms with Gasteiger partial charge in [0, 0.05) is 26.2 Å². The lowest BCUT2D eigenvalue weighted by Crippen LogP contribution is -2.40. The van der Waals surface area contributed by atoms with Gasteiger partial charge < -0.3 is 15.5 Å². The van der Waals surface area contributed by atoms with Gasteiger partial charge in [-0.3, -0.25) is 4.79 Å². The Hall–Kier alpha value is -2.89. The summed E-state index contributed by atoms with van der Waals surface area (Å²) >= 11 is 0. The highest BCUT2D eigenvalue weighted by Crippen LogP contribution is 2.16. The van der Waals surface area contributed by atoms with Crippen LogP contribution in [0.3, 0.4) is 0 Å². The molecular formula is C21H24FN3O2. The zero-order valence-electron chi connectivity index (χ0n) is 15.2. The Balaban J connectivity index is 1.38. The van der Waals surface area contributed by atoms with E-state index in [0.29, 0.717) is 39.0 Å². The molecule has 27 heavy (non-hydrogen) atoms. The van der Waals surface area contributed by atoms with Crippen molar-refractivity contribution in [3.8, 4) is 0 Å². The second-order valence-electron chi connectivity index (χ2n) is 6.74. The summed E-state index contributed by atoms with van der Waals surface area (Å²) < 4.78 is 12.9. The quantitative estimate of drug-likeness (QED) is 0.822. The first-order valence-corrected chi connectivity index (χ1v) is 9.20. The van der Waals surface area contributed by atoms with Gasteiger partial charge in [0.15, 0.2) is 0 Å². The van der Waals surface area contributed by atoms with Crippen LogP contribution in [-0.4, -0.2) is 36.5 Å². The number of likely N-dealkylation sites (tertiary alicyclic amines) is 1. The lowest BCUT2D eigenvalue weighted by Gasteiger charge is -2.17. The van der Waals surface area contributed by atoms with Crippen LogP contribution >= 0.6 is 0 Å². The molecule has 1 unspecified atom stereocenters. The predicted octanol–water partition coefficient (Wildman–Crippen LogP) is 2.72. The zero-order valence-corrected chi connectivity index (χ0v) is 15.2. The van der Waals surface area contributed by atoms with E-state index >= 15 is 0 Å². The van der Waals surface area contributed by atoms with Gasteiger partial charge in [0.05, 0.1) is 5.92 Å². The minimum absolute atomic E-state index is 0.0135. The number of carbonyl (C=O) groups is 2. The minimum Gasteiger partial charge on any atom is -0.352 e. The highest BCUT2D eigenvalue weighted by Gasteiger charge is 2.30. The van der Waals surface area contributed by atoms with E-state index in [1.807, 2.05) is 30.3 Å². The van der Waals surface area contributed by atoms with Crippen LogP contribution in [0.4, 0.5) is 9.18 Å². The van der Waals surface area contributed by atoms with Gasteiger partial charge in [0.25, 0.3) is 0 Å². The Morgan fingerprint density at radius 2 is 1.74 bits per heavy atom. The van der Waals surface area contributed by atoms with Crippen molar-refractivity contribution >= 4 is 11.9 Å².